The Bertz CT molecular complexity index is 980. The van der Waals surface area contributed by atoms with E-state index >= 15 is 0 Å². The van der Waals surface area contributed by atoms with E-state index in [4.69, 9.17) is 4.42 Å². The zero-order chi connectivity index (χ0) is 17.9. The Hall–Kier alpha value is -2.96. The monoisotopic (exact) mass is 352 g/mol. The van der Waals surface area contributed by atoms with Crippen molar-refractivity contribution in [2.45, 2.75) is 44.7 Å². The predicted molar refractivity (Wildman–Crippen MR) is 96.5 cm³/mol. The number of aromatic nitrogens is 3. The summed E-state index contributed by atoms with van der Waals surface area (Å²) in [6.45, 7) is -0.149. The molecule has 2 aromatic heterocycles. The summed E-state index contributed by atoms with van der Waals surface area (Å²) in [4.78, 5) is 28.6. The number of hydrogen-bond acceptors (Lipinski definition) is 5. The van der Waals surface area contributed by atoms with Gasteiger partial charge in [-0.25, -0.2) is 4.79 Å². The van der Waals surface area contributed by atoms with Gasteiger partial charge in [0.15, 0.2) is 0 Å². The second-order valence-corrected chi connectivity index (χ2v) is 6.61. The topological polar surface area (TPSA) is 90.0 Å². The summed E-state index contributed by atoms with van der Waals surface area (Å²) in [6, 6.07) is 9.74. The molecule has 1 aliphatic carbocycles. The van der Waals surface area contributed by atoms with Gasteiger partial charge in [-0.3, -0.25) is 9.78 Å². The number of rotatable bonds is 4. The van der Waals surface area contributed by atoms with E-state index in [1.807, 2.05) is 30.3 Å². The standard InChI is InChI=1S/C19H20N4O3/c24-16(21-14-7-2-1-3-8-14)12-23-19(25)26-18(22-23)17-15-9-5-4-6-13(15)10-11-20-17/h4-6,9-11,14H,1-3,7-8,12H2,(H,21,24). The molecule has 1 amide bonds. The van der Waals surface area contributed by atoms with E-state index in [0.717, 1.165) is 41.1 Å². The molecule has 134 valence electrons. The van der Waals surface area contributed by atoms with Crippen molar-refractivity contribution in [3.63, 3.8) is 0 Å². The fourth-order valence-corrected chi connectivity index (χ4v) is 3.45. The van der Waals surface area contributed by atoms with Crippen LogP contribution in [0.4, 0.5) is 0 Å². The lowest BCUT2D eigenvalue weighted by molar-refractivity contribution is -0.122. The molecule has 0 saturated heterocycles. The SMILES string of the molecule is O=C(Cn1nc(-c2nccc3ccccc23)oc1=O)NC1CCCCC1. The summed E-state index contributed by atoms with van der Waals surface area (Å²) in [5, 5.41) is 8.97. The van der Waals surface area contributed by atoms with Crippen LogP contribution in [0.15, 0.2) is 45.7 Å². The maximum atomic E-state index is 12.2. The van der Waals surface area contributed by atoms with Crippen LogP contribution in [0.2, 0.25) is 0 Å². The summed E-state index contributed by atoms with van der Waals surface area (Å²) < 4.78 is 6.31. The molecule has 0 unspecified atom stereocenters. The van der Waals surface area contributed by atoms with Crippen LogP contribution >= 0.6 is 0 Å². The summed E-state index contributed by atoms with van der Waals surface area (Å²) >= 11 is 0. The van der Waals surface area contributed by atoms with Gasteiger partial charge in [-0.05, 0) is 24.3 Å². The van der Waals surface area contributed by atoms with Crippen LogP contribution in [0.5, 0.6) is 0 Å². The van der Waals surface area contributed by atoms with E-state index in [9.17, 15) is 9.59 Å². The van der Waals surface area contributed by atoms with Crippen LogP contribution < -0.4 is 11.1 Å². The molecule has 0 spiro atoms. The second-order valence-electron chi connectivity index (χ2n) is 6.61. The lowest BCUT2D eigenvalue weighted by Crippen LogP contribution is -2.39. The molecular weight excluding hydrogens is 332 g/mol. The van der Waals surface area contributed by atoms with Gasteiger partial charge >= 0.3 is 5.76 Å². The van der Waals surface area contributed by atoms with E-state index in [0.29, 0.717) is 5.69 Å². The normalized spacial score (nSPS) is 15.2. The average molecular weight is 352 g/mol. The molecule has 1 aliphatic rings. The van der Waals surface area contributed by atoms with E-state index in [1.54, 1.807) is 6.20 Å². The first-order chi connectivity index (χ1) is 12.7. The van der Waals surface area contributed by atoms with E-state index in [2.05, 4.69) is 15.4 Å². The van der Waals surface area contributed by atoms with Crippen LogP contribution in [0.3, 0.4) is 0 Å². The highest BCUT2D eigenvalue weighted by atomic mass is 16.4. The third kappa shape index (κ3) is 3.37. The molecule has 1 fully saturated rings. The minimum atomic E-state index is -0.659. The number of benzene rings is 1. The Morgan fingerprint density at radius 2 is 2.00 bits per heavy atom. The first-order valence-corrected chi connectivity index (χ1v) is 8.92. The van der Waals surface area contributed by atoms with Crippen LogP contribution in [0, 0.1) is 0 Å². The third-order valence-corrected chi connectivity index (χ3v) is 4.75. The average Bonchev–Trinajstić information content (AvgIpc) is 3.02. The fraction of sp³-hybridized carbons (Fsp3) is 0.368. The quantitative estimate of drug-likeness (QED) is 0.779. The van der Waals surface area contributed by atoms with Gasteiger partial charge in [0, 0.05) is 17.6 Å². The molecule has 0 bridgehead atoms. The van der Waals surface area contributed by atoms with Gasteiger partial charge in [0.1, 0.15) is 12.2 Å². The van der Waals surface area contributed by atoms with E-state index < -0.39 is 5.76 Å². The molecule has 0 atom stereocenters. The highest BCUT2D eigenvalue weighted by molar-refractivity contribution is 5.92. The Labute approximate surface area is 150 Å². The van der Waals surface area contributed by atoms with Crippen LogP contribution in [0.1, 0.15) is 32.1 Å². The number of amides is 1. The number of nitrogens with one attached hydrogen (secondary N) is 1. The van der Waals surface area contributed by atoms with Crippen molar-refractivity contribution < 1.29 is 9.21 Å². The number of nitrogens with zero attached hydrogens (tertiary/aromatic N) is 3. The first kappa shape index (κ1) is 16.5. The molecule has 4 rings (SSSR count). The van der Waals surface area contributed by atoms with E-state index in [1.165, 1.54) is 6.42 Å². The molecule has 1 aromatic carbocycles. The van der Waals surface area contributed by atoms with Crippen molar-refractivity contribution in [3.05, 3.63) is 47.1 Å². The molecule has 26 heavy (non-hydrogen) atoms. The van der Waals surface area contributed by atoms with Gasteiger partial charge in [-0.2, -0.15) is 4.68 Å². The smallest absolute Gasteiger partial charge is 0.386 e. The largest absolute Gasteiger partial charge is 0.437 e. The van der Waals surface area contributed by atoms with Crippen LogP contribution in [-0.2, 0) is 11.3 Å². The van der Waals surface area contributed by atoms with E-state index in [-0.39, 0.29) is 24.4 Å². The van der Waals surface area contributed by atoms with Crippen molar-refractivity contribution in [2.24, 2.45) is 0 Å². The molecular formula is C19H20N4O3. The minimum absolute atomic E-state index is 0.122. The lowest BCUT2D eigenvalue weighted by atomic mass is 9.95. The lowest BCUT2D eigenvalue weighted by Gasteiger charge is -2.22. The van der Waals surface area contributed by atoms with Crippen LogP contribution in [0.25, 0.3) is 22.4 Å². The summed E-state index contributed by atoms with van der Waals surface area (Å²) in [5.41, 5.74) is 0.492. The zero-order valence-corrected chi connectivity index (χ0v) is 14.4. The van der Waals surface area contributed by atoms with Crippen LogP contribution in [-0.4, -0.2) is 26.7 Å². The van der Waals surface area contributed by atoms with Crippen molar-refractivity contribution in [1.29, 1.82) is 0 Å². The molecule has 7 heteroatoms. The fourth-order valence-electron chi connectivity index (χ4n) is 3.45. The molecule has 3 aromatic rings. The van der Waals surface area contributed by atoms with Gasteiger partial charge < -0.3 is 9.73 Å². The third-order valence-electron chi connectivity index (χ3n) is 4.75. The van der Waals surface area contributed by atoms with Gasteiger partial charge in [0.25, 0.3) is 5.89 Å². The molecule has 1 saturated carbocycles. The first-order valence-electron chi connectivity index (χ1n) is 8.92. The second kappa shape index (κ2) is 7.11. The minimum Gasteiger partial charge on any atom is -0.386 e. The van der Waals surface area contributed by atoms with Gasteiger partial charge in [-0.1, -0.05) is 43.5 Å². The maximum absolute atomic E-state index is 12.2. The highest BCUT2D eigenvalue weighted by Gasteiger charge is 2.19. The van der Waals surface area contributed by atoms with Gasteiger partial charge in [-0.15, -0.1) is 5.10 Å². The predicted octanol–water partition coefficient (Wildman–Crippen LogP) is 2.50. The maximum Gasteiger partial charge on any atom is 0.437 e. The molecule has 7 nitrogen and oxygen atoms in total. The highest BCUT2D eigenvalue weighted by Crippen LogP contribution is 2.24. The van der Waals surface area contributed by atoms with Crippen molar-refractivity contribution in [1.82, 2.24) is 20.1 Å². The Morgan fingerprint density at radius 1 is 1.19 bits per heavy atom. The zero-order valence-electron chi connectivity index (χ0n) is 14.4. The van der Waals surface area contributed by atoms with Crippen molar-refractivity contribution in [3.8, 4) is 11.6 Å². The number of pyridine rings is 1. The summed E-state index contributed by atoms with van der Waals surface area (Å²) in [5.74, 6) is -0.754. The summed E-state index contributed by atoms with van der Waals surface area (Å²) in [6.07, 6.45) is 7.11. The van der Waals surface area contributed by atoms with Crippen molar-refractivity contribution >= 4 is 16.7 Å². The number of carbonyl (C=O) groups is 1. The number of fused-ring (bicyclic) bond motifs is 1. The molecule has 0 radical (unpaired) electrons. The molecule has 2 heterocycles. The Balaban J connectivity index is 1.55. The van der Waals surface area contributed by atoms with Crippen molar-refractivity contribution in [2.75, 3.05) is 0 Å². The molecule has 1 N–H and O–H groups in total. The Morgan fingerprint density at radius 3 is 2.85 bits per heavy atom. The van der Waals surface area contributed by atoms with Gasteiger partial charge in [0.2, 0.25) is 5.91 Å². The number of hydrogen-bond donors (Lipinski definition) is 1. The molecule has 0 aliphatic heterocycles. The Kier molecular flexibility index (Phi) is 4.51. The summed E-state index contributed by atoms with van der Waals surface area (Å²) in [7, 11) is 0. The van der Waals surface area contributed by atoms with Gasteiger partial charge in [0.05, 0.1) is 0 Å². The number of carbonyl (C=O) groups excluding carboxylic acids is 1.